The van der Waals surface area contributed by atoms with Crippen molar-refractivity contribution < 1.29 is 13.2 Å². The summed E-state index contributed by atoms with van der Waals surface area (Å²) in [5, 5.41) is 7.51. The van der Waals surface area contributed by atoms with E-state index in [4.69, 9.17) is 4.74 Å². The van der Waals surface area contributed by atoms with Crippen LogP contribution in [0.2, 0.25) is 0 Å². The summed E-state index contributed by atoms with van der Waals surface area (Å²) in [7, 11) is -1.89. The van der Waals surface area contributed by atoms with E-state index in [1.54, 1.807) is 43.8 Å². The van der Waals surface area contributed by atoms with Crippen molar-refractivity contribution in [2.45, 2.75) is 11.3 Å². The van der Waals surface area contributed by atoms with E-state index >= 15 is 0 Å². The maximum atomic E-state index is 12.1. The van der Waals surface area contributed by atoms with Crippen LogP contribution >= 0.6 is 0 Å². The van der Waals surface area contributed by atoms with Gasteiger partial charge in [-0.3, -0.25) is 0 Å². The topological polar surface area (TPSA) is 81.2 Å². The largest absolute Gasteiger partial charge is 0.385 e. The molecule has 0 amide bonds. The first-order valence-electron chi connectivity index (χ1n) is 6.49. The highest BCUT2D eigenvalue weighted by atomic mass is 32.2. The molecule has 0 spiro atoms. The van der Waals surface area contributed by atoms with Gasteiger partial charge in [-0.2, -0.15) is 10.2 Å². The molecule has 6 nitrogen and oxygen atoms in total. The zero-order valence-electron chi connectivity index (χ0n) is 11.7. The third-order valence-corrected chi connectivity index (χ3v) is 4.38. The average Bonchev–Trinajstić information content (AvgIpc) is 2.53. The van der Waals surface area contributed by atoms with Crippen LogP contribution in [0.4, 0.5) is 0 Å². The molecule has 2 aromatic rings. The lowest BCUT2D eigenvalue weighted by Crippen LogP contribution is -2.25. The number of methoxy groups -OCH3 is 1. The highest BCUT2D eigenvalue weighted by Crippen LogP contribution is 2.19. The molecule has 1 heterocycles. The van der Waals surface area contributed by atoms with Gasteiger partial charge < -0.3 is 4.74 Å². The van der Waals surface area contributed by atoms with E-state index in [1.807, 2.05) is 6.07 Å². The third kappa shape index (κ3) is 4.32. The van der Waals surface area contributed by atoms with E-state index in [0.29, 0.717) is 19.6 Å². The standard InChI is InChI=1S/C14H17N3O3S/c1-20-10-2-8-17-21(18,19)14-5-3-12(4-6-14)13-7-9-15-16-11-13/h3-7,9,11,17H,2,8,10H2,1H3. The molecule has 2 rings (SSSR count). The Bertz CT molecular complexity index is 658. The minimum atomic E-state index is -3.47. The molecule has 0 aliphatic rings. The molecular weight excluding hydrogens is 290 g/mol. The first-order valence-corrected chi connectivity index (χ1v) is 7.97. The predicted molar refractivity (Wildman–Crippen MR) is 79.1 cm³/mol. The number of hydrogen-bond donors (Lipinski definition) is 1. The normalized spacial score (nSPS) is 11.5. The summed E-state index contributed by atoms with van der Waals surface area (Å²) in [5.74, 6) is 0. The van der Waals surface area contributed by atoms with Gasteiger partial charge >= 0.3 is 0 Å². The summed E-state index contributed by atoms with van der Waals surface area (Å²) < 4.78 is 31.6. The lowest BCUT2D eigenvalue weighted by molar-refractivity contribution is 0.196. The fourth-order valence-corrected chi connectivity index (χ4v) is 2.87. The van der Waals surface area contributed by atoms with Gasteiger partial charge in [-0.1, -0.05) is 12.1 Å². The lowest BCUT2D eigenvalue weighted by atomic mass is 10.1. The van der Waals surface area contributed by atoms with E-state index in [-0.39, 0.29) is 4.90 Å². The summed E-state index contributed by atoms with van der Waals surface area (Å²) in [4.78, 5) is 0.241. The van der Waals surface area contributed by atoms with Crippen LogP contribution in [0.3, 0.4) is 0 Å². The molecule has 0 bridgehead atoms. The van der Waals surface area contributed by atoms with Crippen molar-refractivity contribution in [2.24, 2.45) is 0 Å². The maximum absolute atomic E-state index is 12.1. The van der Waals surface area contributed by atoms with Crippen LogP contribution in [0.5, 0.6) is 0 Å². The van der Waals surface area contributed by atoms with Gasteiger partial charge in [0.15, 0.2) is 0 Å². The summed E-state index contributed by atoms with van der Waals surface area (Å²) in [6, 6.07) is 8.48. The molecule has 21 heavy (non-hydrogen) atoms. The van der Waals surface area contributed by atoms with Crippen LogP contribution in [0, 0.1) is 0 Å². The van der Waals surface area contributed by atoms with Crippen molar-refractivity contribution in [3.05, 3.63) is 42.7 Å². The number of rotatable bonds is 7. The molecule has 112 valence electrons. The summed E-state index contributed by atoms with van der Waals surface area (Å²) >= 11 is 0. The van der Waals surface area contributed by atoms with Crippen molar-refractivity contribution in [2.75, 3.05) is 20.3 Å². The first kappa shape index (κ1) is 15.6. The lowest BCUT2D eigenvalue weighted by Gasteiger charge is -2.07. The Morgan fingerprint density at radius 3 is 2.48 bits per heavy atom. The first-order chi connectivity index (χ1) is 10.1. The van der Waals surface area contributed by atoms with E-state index in [0.717, 1.165) is 11.1 Å². The highest BCUT2D eigenvalue weighted by molar-refractivity contribution is 7.89. The average molecular weight is 307 g/mol. The number of benzene rings is 1. The van der Waals surface area contributed by atoms with Gasteiger partial charge in [-0.15, -0.1) is 0 Å². The second-order valence-electron chi connectivity index (χ2n) is 4.40. The second kappa shape index (κ2) is 7.26. The number of ether oxygens (including phenoxy) is 1. The van der Waals surface area contributed by atoms with Crippen molar-refractivity contribution >= 4 is 10.0 Å². The molecule has 0 aliphatic heterocycles. The van der Waals surface area contributed by atoms with Gasteiger partial charge in [-0.25, -0.2) is 13.1 Å². The van der Waals surface area contributed by atoms with E-state index < -0.39 is 10.0 Å². The molecule has 1 N–H and O–H groups in total. The molecule has 0 fully saturated rings. The van der Waals surface area contributed by atoms with Gasteiger partial charge in [0.25, 0.3) is 0 Å². The highest BCUT2D eigenvalue weighted by Gasteiger charge is 2.13. The van der Waals surface area contributed by atoms with Gasteiger partial charge in [0.05, 0.1) is 17.3 Å². The third-order valence-electron chi connectivity index (χ3n) is 2.90. The van der Waals surface area contributed by atoms with Crippen LogP contribution in [0.15, 0.2) is 47.6 Å². The van der Waals surface area contributed by atoms with Gasteiger partial charge in [-0.05, 0) is 30.2 Å². The monoisotopic (exact) mass is 307 g/mol. The SMILES string of the molecule is COCCCNS(=O)(=O)c1ccc(-c2ccnnc2)cc1. The van der Waals surface area contributed by atoms with E-state index in [2.05, 4.69) is 14.9 Å². The van der Waals surface area contributed by atoms with Gasteiger partial charge in [0.1, 0.15) is 0 Å². The maximum Gasteiger partial charge on any atom is 0.240 e. The number of sulfonamides is 1. The molecule has 1 aromatic carbocycles. The van der Waals surface area contributed by atoms with Crippen molar-refractivity contribution in [3.8, 4) is 11.1 Å². The molecule has 0 atom stereocenters. The minimum absolute atomic E-state index is 0.241. The minimum Gasteiger partial charge on any atom is -0.385 e. The fraction of sp³-hybridized carbons (Fsp3) is 0.286. The summed E-state index contributed by atoms with van der Waals surface area (Å²) in [6.45, 7) is 0.878. The quantitative estimate of drug-likeness (QED) is 0.783. The van der Waals surface area contributed by atoms with Crippen molar-refractivity contribution in [1.29, 1.82) is 0 Å². The van der Waals surface area contributed by atoms with Crippen LogP contribution in [0.25, 0.3) is 11.1 Å². The van der Waals surface area contributed by atoms with Crippen LogP contribution in [-0.2, 0) is 14.8 Å². The second-order valence-corrected chi connectivity index (χ2v) is 6.17. The number of hydrogen-bond acceptors (Lipinski definition) is 5. The van der Waals surface area contributed by atoms with Crippen LogP contribution < -0.4 is 4.72 Å². The molecule has 0 aliphatic carbocycles. The van der Waals surface area contributed by atoms with E-state index in [9.17, 15) is 8.42 Å². The molecular formula is C14H17N3O3S. The number of nitrogens with zero attached hydrogens (tertiary/aromatic N) is 2. The molecule has 0 saturated carbocycles. The zero-order chi connectivity index (χ0) is 15.1. The fourth-order valence-electron chi connectivity index (χ4n) is 1.79. The number of aromatic nitrogens is 2. The van der Waals surface area contributed by atoms with Crippen LogP contribution in [-0.4, -0.2) is 38.9 Å². The Hall–Kier alpha value is -1.83. The zero-order valence-corrected chi connectivity index (χ0v) is 12.5. The van der Waals surface area contributed by atoms with Gasteiger partial charge in [0, 0.05) is 25.8 Å². The predicted octanol–water partition coefficient (Wildman–Crippen LogP) is 1.46. The summed E-state index contributed by atoms with van der Waals surface area (Å²) in [5.41, 5.74) is 1.78. The van der Waals surface area contributed by atoms with E-state index in [1.165, 1.54) is 0 Å². The molecule has 0 unspecified atom stereocenters. The molecule has 0 radical (unpaired) electrons. The van der Waals surface area contributed by atoms with Gasteiger partial charge in [0.2, 0.25) is 10.0 Å². The Kier molecular flexibility index (Phi) is 5.38. The van der Waals surface area contributed by atoms with Crippen LogP contribution in [0.1, 0.15) is 6.42 Å². The molecule has 0 saturated heterocycles. The smallest absolute Gasteiger partial charge is 0.240 e. The molecule has 7 heteroatoms. The molecule has 1 aromatic heterocycles. The Morgan fingerprint density at radius 2 is 1.86 bits per heavy atom. The van der Waals surface area contributed by atoms with Crippen molar-refractivity contribution in [1.82, 2.24) is 14.9 Å². The Morgan fingerprint density at radius 1 is 1.10 bits per heavy atom. The summed E-state index contributed by atoms with van der Waals surface area (Å²) in [6.07, 6.45) is 3.86. The Balaban J connectivity index is 2.08. The van der Waals surface area contributed by atoms with Crippen molar-refractivity contribution in [3.63, 3.8) is 0 Å². The number of nitrogens with one attached hydrogen (secondary N) is 1. The Labute approximate surface area is 124 Å².